The zero-order valence-electron chi connectivity index (χ0n) is 21.3. The van der Waals surface area contributed by atoms with Crippen molar-refractivity contribution in [1.82, 2.24) is 10.3 Å². The van der Waals surface area contributed by atoms with Crippen molar-refractivity contribution >= 4 is 29.2 Å². The molecule has 2 fully saturated rings. The van der Waals surface area contributed by atoms with Gasteiger partial charge in [-0.05, 0) is 68.1 Å². The summed E-state index contributed by atoms with van der Waals surface area (Å²) in [5.41, 5.74) is 3.99. The van der Waals surface area contributed by atoms with Gasteiger partial charge in [0.25, 0.3) is 0 Å². The number of carbonyl (C=O) groups is 2. The van der Waals surface area contributed by atoms with Crippen LogP contribution in [-0.2, 0) is 9.59 Å². The van der Waals surface area contributed by atoms with Crippen LogP contribution in [0.15, 0.2) is 33.3 Å². The molecule has 0 bridgehead atoms. The molecular formula is C28H32ClN3O5. The number of benzene rings is 1. The third-order valence-corrected chi connectivity index (χ3v) is 7.74. The van der Waals surface area contributed by atoms with E-state index in [1.807, 2.05) is 19.1 Å². The summed E-state index contributed by atoms with van der Waals surface area (Å²) in [5, 5.41) is 21.3. The molecule has 37 heavy (non-hydrogen) atoms. The number of halogens is 1. The summed E-state index contributed by atoms with van der Waals surface area (Å²) in [6, 6.07) is 7.35. The Kier molecular flexibility index (Phi) is 6.88. The molecule has 0 unspecified atom stereocenters. The zero-order chi connectivity index (χ0) is 26.3. The minimum atomic E-state index is -0.923. The zero-order valence-corrected chi connectivity index (χ0v) is 22.1. The fraction of sp³-hybridized carbons (Fsp3) is 0.500. The number of carboxylic acid groups (broad SMARTS) is 1. The Hall–Kier alpha value is -3.13. The Bertz CT molecular complexity index is 1320. The molecular weight excluding hydrogens is 494 g/mol. The standard InChI is InChI=1S/C28H32ClN3O5/c1-15-4-8-20(19(29)10-15)30-23(33)11-17(7-9-24(34)35)26-25(16-5-6-16)27(37-32-26)21-12-22(36-31-21)18-13-28(2,3)14-18/h4,8,10,12,16-18H,5-7,9,11,13-14H2,1-3H3,(H,30,33)(H,34,35)/t17-/m0/s1. The summed E-state index contributed by atoms with van der Waals surface area (Å²) in [5.74, 6) is 0.410. The highest BCUT2D eigenvalue weighted by Gasteiger charge is 2.41. The average molecular weight is 526 g/mol. The predicted molar refractivity (Wildman–Crippen MR) is 139 cm³/mol. The van der Waals surface area contributed by atoms with Gasteiger partial charge in [0.1, 0.15) is 5.76 Å². The van der Waals surface area contributed by atoms with E-state index < -0.39 is 11.9 Å². The molecule has 0 saturated heterocycles. The summed E-state index contributed by atoms with van der Waals surface area (Å²) in [4.78, 5) is 24.4. The van der Waals surface area contributed by atoms with Crippen molar-refractivity contribution < 1.29 is 23.7 Å². The molecule has 2 aromatic heterocycles. The van der Waals surface area contributed by atoms with Gasteiger partial charge in [-0.15, -0.1) is 0 Å². The lowest BCUT2D eigenvalue weighted by Gasteiger charge is -2.41. The van der Waals surface area contributed by atoms with Crippen molar-refractivity contribution in [1.29, 1.82) is 0 Å². The fourth-order valence-electron chi connectivity index (χ4n) is 5.40. The van der Waals surface area contributed by atoms with Gasteiger partial charge < -0.3 is 19.5 Å². The Labute approximate surface area is 220 Å². The summed E-state index contributed by atoms with van der Waals surface area (Å²) in [6.45, 7) is 6.41. The maximum absolute atomic E-state index is 13.0. The number of aromatic nitrogens is 2. The molecule has 2 N–H and O–H groups in total. The van der Waals surface area contributed by atoms with Crippen LogP contribution in [0, 0.1) is 12.3 Å². The molecule has 1 amide bonds. The van der Waals surface area contributed by atoms with Crippen molar-refractivity contribution in [2.45, 2.75) is 83.5 Å². The van der Waals surface area contributed by atoms with Crippen molar-refractivity contribution in [2.24, 2.45) is 5.41 Å². The number of hydrogen-bond donors (Lipinski definition) is 2. The highest BCUT2D eigenvalue weighted by molar-refractivity contribution is 6.33. The molecule has 3 aromatic rings. The highest BCUT2D eigenvalue weighted by atomic mass is 35.5. The monoisotopic (exact) mass is 525 g/mol. The van der Waals surface area contributed by atoms with Crippen LogP contribution in [-0.4, -0.2) is 27.3 Å². The number of aryl methyl sites for hydroxylation is 1. The van der Waals surface area contributed by atoms with Crippen molar-refractivity contribution in [3.63, 3.8) is 0 Å². The van der Waals surface area contributed by atoms with Gasteiger partial charge in [0.05, 0.1) is 16.4 Å². The minimum absolute atomic E-state index is 0.0599. The number of carboxylic acids is 1. The quantitative estimate of drug-likeness (QED) is 0.291. The van der Waals surface area contributed by atoms with E-state index in [2.05, 4.69) is 29.5 Å². The summed E-state index contributed by atoms with van der Waals surface area (Å²) in [7, 11) is 0. The summed E-state index contributed by atoms with van der Waals surface area (Å²) < 4.78 is 11.5. The maximum Gasteiger partial charge on any atom is 0.303 e. The molecule has 1 atom stereocenters. The van der Waals surface area contributed by atoms with Crippen LogP contribution < -0.4 is 5.32 Å². The molecule has 2 aliphatic rings. The van der Waals surface area contributed by atoms with E-state index in [-0.39, 0.29) is 31.1 Å². The van der Waals surface area contributed by atoms with Gasteiger partial charge in [0.15, 0.2) is 11.5 Å². The summed E-state index contributed by atoms with van der Waals surface area (Å²) >= 11 is 6.29. The van der Waals surface area contributed by atoms with E-state index in [0.717, 1.165) is 42.6 Å². The molecule has 2 heterocycles. The second-order valence-electron chi connectivity index (χ2n) is 11.3. The Balaban J connectivity index is 1.39. The smallest absolute Gasteiger partial charge is 0.303 e. The lowest BCUT2D eigenvalue weighted by atomic mass is 9.64. The number of rotatable bonds is 10. The van der Waals surface area contributed by atoms with E-state index in [1.54, 1.807) is 12.1 Å². The van der Waals surface area contributed by atoms with Crippen molar-refractivity contribution in [3.8, 4) is 11.5 Å². The molecule has 9 heteroatoms. The first-order valence-electron chi connectivity index (χ1n) is 12.8. The van der Waals surface area contributed by atoms with Gasteiger partial charge in [-0.2, -0.15) is 0 Å². The number of anilines is 1. The van der Waals surface area contributed by atoms with Crippen molar-refractivity contribution in [3.05, 3.63) is 51.9 Å². The molecule has 0 spiro atoms. The summed E-state index contributed by atoms with van der Waals surface area (Å²) in [6.07, 6.45) is 4.31. The fourth-order valence-corrected chi connectivity index (χ4v) is 5.68. The van der Waals surface area contributed by atoms with Gasteiger partial charge in [-0.1, -0.05) is 41.8 Å². The first-order chi connectivity index (χ1) is 17.6. The van der Waals surface area contributed by atoms with Gasteiger partial charge >= 0.3 is 5.97 Å². The van der Waals surface area contributed by atoms with Gasteiger partial charge in [0, 0.05) is 36.3 Å². The normalized spacial score (nSPS) is 17.8. The molecule has 196 valence electrons. The topological polar surface area (TPSA) is 118 Å². The Morgan fingerprint density at radius 2 is 1.92 bits per heavy atom. The van der Waals surface area contributed by atoms with Crippen LogP contribution in [0.25, 0.3) is 11.5 Å². The number of aliphatic carboxylic acids is 1. The van der Waals surface area contributed by atoms with E-state index in [0.29, 0.717) is 39.2 Å². The second-order valence-corrected chi connectivity index (χ2v) is 11.7. The molecule has 0 radical (unpaired) electrons. The van der Waals surface area contributed by atoms with Gasteiger partial charge in [-0.3, -0.25) is 9.59 Å². The number of amides is 1. The largest absolute Gasteiger partial charge is 0.481 e. The van der Waals surface area contributed by atoms with Crippen LogP contribution in [0.3, 0.4) is 0 Å². The maximum atomic E-state index is 13.0. The number of carbonyl (C=O) groups excluding carboxylic acids is 1. The van der Waals surface area contributed by atoms with Crippen LogP contribution in [0.5, 0.6) is 0 Å². The number of nitrogens with zero attached hydrogens (tertiary/aromatic N) is 2. The highest BCUT2D eigenvalue weighted by Crippen LogP contribution is 2.52. The lowest BCUT2D eigenvalue weighted by Crippen LogP contribution is -2.29. The second kappa shape index (κ2) is 9.97. The van der Waals surface area contributed by atoms with Gasteiger partial charge in [0.2, 0.25) is 5.91 Å². The van der Waals surface area contributed by atoms with Gasteiger partial charge in [-0.25, -0.2) is 0 Å². The number of nitrogens with one attached hydrogen (secondary N) is 1. The molecule has 8 nitrogen and oxygen atoms in total. The van der Waals surface area contributed by atoms with Crippen molar-refractivity contribution in [2.75, 3.05) is 5.32 Å². The lowest BCUT2D eigenvalue weighted by molar-refractivity contribution is -0.137. The molecule has 1 aromatic carbocycles. The van der Waals surface area contributed by atoms with Crippen LogP contribution in [0.4, 0.5) is 5.69 Å². The van der Waals surface area contributed by atoms with E-state index in [1.165, 1.54) is 0 Å². The SMILES string of the molecule is Cc1ccc(NC(=O)C[C@H](CCC(=O)O)c2noc(-c3cc(C4CC(C)(C)C4)on3)c2C2CC2)c(Cl)c1. The first kappa shape index (κ1) is 25.5. The van der Waals surface area contributed by atoms with Crippen LogP contribution in [0.1, 0.15) is 99.1 Å². The van der Waals surface area contributed by atoms with Crippen LogP contribution in [0.2, 0.25) is 5.02 Å². The third-order valence-electron chi connectivity index (χ3n) is 7.43. The van der Waals surface area contributed by atoms with E-state index in [4.69, 9.17) is 20.6 Å². The first-order valence-corrected chi connectivity index (χ1v) is 13.2. The Morgan fingerprint density at radius 1 is 1.16 bits per heavy atom. The molecule has 2 aliphatic carbocycles. The van der Waals surface area contributed by atoms with E-state index >= 15 is 0 Å². The molecule has 0 aliphatic heterocycles. The molecule has 2 saturated carbocycles. The average Bonchev–Trinajstić information content (AvgIpc) is 3.36. The van der Waals surface area contributed by atoms with E-state index in [9.17, 15) is 14.7 Å². The predicted octanol–water partition coefficient (Wildman–Crippen LogP) is 7.05. The third kappa shape index (κ3) is 5.74. The molecule has 5 rings (SSSR count). The minimum Gasteiger partial charge on any atom is -0.481 e. The number of hydrogen-bond acceptors (Lipinski definition) is 6. The Morgan fingerprint density at radius 3 is 2.57 bits per heavy atom. The van der Waals surface area contributed by atoms with Crippen LogP contribution >= 0.6 is 11.6 Å².